The lowest BCUT2D eigenvalue weighted by atomic mass is 10.0. The molecular formula is C10H19N3O3. The van der Waals surface area contributed by atoms with Gasteiger partial charge in [-0.15, -0.1) is 0 Å². The Morgan fingerprint density at radius 3 is 2.50 bits per heavy atom. The van der Waals surface area contributed by atoms with Gasteiger partial charge >= 0.3 is 6.03 Å². The van der Waals surface area contributed by atoms with Crippen molar-refractivity contribution in [3.63, 3.8) is 0 Å². The summed E-state index contributed by atoms with van der Waals surface area (Å²) in [4.78, 5) is 21.8. The van der Waals surface area contributed by atoms with E-state index < -0.39 is 23.6 Å². The number of urea groups is 1. The molecule has 16 heavy (non-hydrogen) atoms. The Morgan fingerprint density at radius 2 is 2.00 bits per heavy atom. The standard InChI is InChI=1S/C10H19N3O3/c1-7(8(14)13-9(11)15)12-6-10(16)4-2-3-5-10/h7,12,16H,2-6H2,1H3,(H3,11,13,14,15). The van der Waals surface area contributed by atoms with Crippen LogP contribution >= 0.6 is 0 Å². The minimum Gasteiger partial charge on any atom is -0.389 e. The van der Waals surface area contributed by atoms with Crippen LogP contribution in [-0.4, -0.2) is 35.2 Å². The Labute approximate surface area is 94.6 Å². The molecule has 6 nitrogen and oxygen atoms in total. The molecule has 0 saturated heterocycles. The van der Waals surface area contributed by atoms with Crippen molar-refractivity contribution in [1.82, 2.24) is 10.6 Å². The van der Waals surface area contributed by atoms with E-state index in [0.717, 1.165) is 25.7 Å². The molecule has 0 heterocycles. The Balaban J connectivity index is 2.31. The fourth-order valence-electron chi connectivity index (χ4n) is 1.88. The molecule has 0 spiro atoms. The van der Waals surface area contributed by atoms with E-state index >= 15 is 0 Å². The Morgan fingerprint density at radius 1 is 1.44 bits per heavy atom. The number of carbonyl (C=O) groups excluding carboxylic acids is 2. The third kappa shape index (κ3) is 3.79. The first kappa shape index (κ1) is 12.9. The molecule has 1 aliphatic carbocycles. The smallest absolute Gasteiger partial charge is 0.318 e. The van der Waals surface area contributed by atoms with Gasteiger partial charge in [0.2, 0.25) is 5.91 Å². The minimum atomic E-state index is -0.863. The highest BCUT2D eigenvalue weighted by Gasteiger charge is 2.31. The molecule has 1 rings (SSSR count). The maximum Gasteiger partial charge on any atom is 0.318 e. The molecular weight excluding hydrogens is 210 g/mol. The maximum absolute atomic E-state index is 11.3. The van der Waals surface area contributed by atoms with Gasteiger partial charge in [-0.25, -0.2) is 4.79 Å². The first-order chi connectivity index (χ1) is 7.43. The fraction of sp³-hybridized carbons (Fsp3) is 0.800. The van der Waals surface area contributed by atoms with E-state index in [2.05, 4.69) is 5.32 Å². The minimum absolute atomic E-state index is 0.361. The number of hydrogen-bond acceptors (Lipinski definition) is 4. The summed E-state index contributed by atoms with van der Waals surface area (Å²) in [7, 11) is 0. The van der Waals surface area contributed by atoms with Crippen molar-refractivity contribution in [3.8, 4) is 0 Å². The summed E-state index contributed by atoms with van der Waals surface area (Å²) in [6, 6.07) is -1.41. The van der Waals surface area contributed by atoms with Crippen molar-refractivity contribution in [2.24, 2.45) is 5.73 Å². The second-order valence-electron chi connectivity index (χ2n) is 4.39. The van der Waals surface area contributed by atoms with Crippen LogP contribution in [0.2, 0.25) is 0 Å². The van der Waals surface area contributed by atoms with Crippen molar-refractivity contribution in [2.75, 3.05) is 6.54 Å². The Hall–Kier alpha value is -1.14. The molecule has 1 aliphatic rings. The van der Waals surface area contributed by atoms with E-state index in [0.29, 0.717) is 6.54 Å². The van der Waals surface area contributed by atoms with Gasteiger partial charge in [0.1, 0.15) is 0 Å². The first-order valence-corrected chi connectivity index (χ1v) is 5.49. The lowest BCUT2D eigenvalue weighted by Crippen LogP contribution is -2.50. The van der Waals surface area contributed by atoms with Crippen LogP contribution < -0.4 is 16.4 Å². The number of primary amides is 1. The second kappa shape index (κ2) is 5.27. The van der Waals surface area contributed by atoms with Crippen LogP contribution in [0, 0.1) is 0 Å². The molecule has 0 aromatic carbocycles. The van der Waals surface area contributed by atoms with Crippen LogP contribution in [0.15, 0.2) is 0 Å². The van der Waals surface area contributed by atoms with Crippen LogP contribution in [-0.2, 0) is 4.79 Å². The van der Waals surface area contributed by atoms with E-state index in [1.165, 1.54) is 0 Å². The second-order valence-corrected chi connectivity index (χ2v) is 4.39. The van der Waals surface area contributed by atoms with Gasteiger partial charge in [0.25, 0.3) is 0 Å². The monoisotopic (exact) mass is 229 g/mol. The van der Waals surface area contributed by atoms with Gasteiger partial charge in [-0.2, -0.15) is 0 Å². The summed E-state index contributed by atoms with van der Waals surface area (Å²) in [5, 5.41) is 14.9. The Bertz CT molecular complexity index is 274. The molecule has 0 aromatic rings. The summed E-state index contributed by atoms with van der Waals surface area (Å²) in [5.41, 5.74) is 4.12. The number of nitrogens with one attached hydrogen (secondary N) is 2. The average molecular weight is 229 g/mol. The number of aliphatic hydroxyl groups is 1. The molecule has 1 atom stereocenters. The summed E-state index contributed by atoms with van der Waals surface area (Å²) < 4.78 is 0. The third-order valence-electron chi connectivity index (χ3n) is 2.91. The Kier molecular flexibility index (Phi) is 4.26. The number of amides is 3. The van der Waals surface area contributed by atoms with E-state index in [-0.39, 0.29) is 0 Å². The van der Waals surface area contributed by atoms with Crippen molar-refractivity contribution in [3.05, 3.63) is 0 Å². The van der Waals surface area contributed by atoms with Gasteiger partial charge < -0.3 is 16.2 Å². The van der Waals surface area contributed by atoms with Crippen LogP contribution in [0.5, 0.6) is 0 Å². The number of imide groups is 1. The van der Waals surface area contributed by atoms with Crippen LogP contribution in [0.4, 0.5) is 4.79 Å². The lowest BCUT2D eigenvalue weighted by molar-refractivity contribution is -0.121. The lowest BCUT2D eigenvalue weighted by Gasteiger charge is -2.24. The van der Waals surface area contributed by atoms with Crippen LogP contribution in [0.25, 0.3) is 0 Å². The number of carbonyl (C=O) groups is 2. The molecule has 5 N–H and O–H groups in total. The number of rotatable bonds is 4. The van der Waals surface area contributed by atoms with Gasteiger partial charge in [0.15, 0.2) is 0 Å². The van der Waals surface area contributed by atoms with Crippen LogP contribution in [0.3, 0.4) is 0 Å². The van der Waals surface area contributed by atoms with E-state index in [1.54, 1.807) is 6.92 Å². The zero-order valence-electron chi connectivity index (χ0n) is 9.45. The molecule has 0 radical (unpaired) electrons. The average Bonchev–Trinajstić information content (AvgIpc) is 2.61. The molecule has 1 unspecified atom stereocenters. The summed E-state index contributed by atoms with van der Waals surface area (Å²) in [6.07, 6.45) is 3.54. The largest absolute Gasteiger partial charge is 0.389 e. The van der Waals surface area contributed by atoms with Gasteiger partial charge in [-0.05, 0) is 19.8 Å². The van der Waals surface area contributed by atoms with E-state index in [9.17, 15) is 14.7 Å². The van der Waals surface area contributed by atoms with Crippen molar-refractivity contribution >= 4 is 11.9 Å². The third-order valence-corrected chi connectivity index (χ3v) is 2.91. The molecule has 1 fully saturated rings. The zero-order chi connectivity index (χ0) is 12.2. The van der Waals surface area contributed by atoms with E-state index in [4.69, 9.17) is 5.73 Å². The van der Waals surface area contributed by atoms with Gasteiger partial charge in [0.05, 0.1) is 11.6 Å². The molecule has 0 bridgehead atoms. The summed E-state index contributed by atoms with van der Waals surface area (Å²) >= 11 is 0. The molecule has 6 heteroatoms. The molecule has 1 saturated carbocycles. The maximum atomic E-state index is 11.3. The molecule has 0 aliphatic heterocycles. The fourth-order valence-corrected chi connectivity index (χ4v) is 1.88. The normalized spacial score (nSPS) is 20.4. The van der Waals surface area contributed by atoms with Crippen LogP contribution in [0.1, 0.15) is 32.6 Å². The quantitative estimate of drug-likeness (QED) is 0.520. The highest BCUT2D eigenvalue weighted by atomic mass is 16.3. The predicted octanol–water partition coefficient (Wildman–Crippen LogP) is -0.535. The topological polar surface area (TPSA) is 104 Å². The number of nitrogens with two attached hydrogens (primary N) is 1. The molecule has 3 amide bonds. The van der Waals surface area contributed by atoms with Gasteiger partial charge in [-0.3, -0.25) is 10.1 Å². The van der Waals surface area contributed by atoms with Crippen molar-refractivity contribution < 1.29 is 14.7 Å². The van der Waals surface area contributed by atoms with Crippen molar-refractivity contribution in [2.45, 2.75) is 44.2 Å². The predicted molar refractivity (Wildman–Crippen MR) is 58.6 cm³/mol. The highest BCUT2D eigenvalue weighted by molar-refractivity contribution is 5.96. The highest BCUT2D eigenvalue weighted by Crippen LogP contribution is 2.28. The summed E-state index contributed by atoms with van der Waals surface area (Å²) in [6.45, 7) is 1.98. The molecule has 0 aromatic heterocycles. The SMILES string of the molecule is CC(NCC1(O)CCCC1)C(=O)NC(N)=O. The molecule has 92 valence electrons. The van der Waals surface area contributed by atoms with Gasteiger partial charge in [-0.1, -0.05) is 12.8 Å². The summed E-state index contributed by atoms with van der Waals surface area (Å²) in [5.74, 6) is -0.478. The van der Waals surface area contributed by atoms with E-state index in [1.807, 2.05) is 5.32 Å². The first-order valence-electron chi connectivity index (χ1n) is 5.49. The van der Waals surface area contributed by atoms with Crippen molar-refractivity contribution in [1.29, 1.82) is 0 Å². The number of hydrogen-bond donors (Lipinski definition) is 4. The zero-order valence-corrected chi connectivity index (χ0v) is 9.45. The van der Waals surface area contributed by atoms with Gasteiger partial charge in [0, 0.05) is 6.54 Å².